The zero-order valence-electron chi connectivity index (χ0n) is 8.01. The van der Waals surface area contributed by atoms with Crippen molar-refractivity contribution in [1.82, 2.24) is 0 Å². The average Bonchev–Trinajstić information content (AvgIpc) is 2.28. The Kier molecular flexibility index (Phi) is 3.56. The van der Waals surface area contributed by atoms with E-state index in [1.165, 1.54) is 7.05 Å². The minimum Gasteiger partial charge on any atom is -0.271 e. The second kappa shape index (κ2) is 4.51. The van der Waals surface area contributed by atoms with Crippen molar-refractivity contribution in [2.45, 2.75) is 0 Å². The van der Waals surface area contributed by atoms with Crippen molar-refractivity contribution in [3.63, 3.8) is 0 Å². The Morgan fingerprint density at radius 1 is 1.47 bits per heavy atom. The molecule has 1 rings (SSSR count). The lowest BCUT2D eigenvalue weighted by molar-refractivity contribution is 0.599. The topological polar surface area (TPSA) is 61.2 Å². The fraction of sp³-hybridized carbons (Fsp3) is 0.222. The highest BCUT2D eigenvalue weighted by molar-refractivity contribution is 7.93. The Balaban J connectivity index is 3.24. The lowest BCUT2D eigenvalue weighted by Crippen LogP contribution is -2.27. The first-order chi connectivity index (χ1) is 7.03. The third-order valence-electron chi connectivity index (χ3n) is 1.92. The molecule has 0 amide bonds. The highest BCUT2D eigenvalue weighted by Crippen LogP contribution is 2.21. The van der Waals surface area contributed by atoms with Gasteiger partial charge in [0.05, 0.1) is 11.3 Å². The maximum Gasteiger partial charge on any atom is 0.249 e. The molecule has 1 aromatic carbocycles. The first-order valence-electron chi connectivity index (χ1n) is 4.04. The molecule has 0 bridgehead atoms. The van der Waals surface area contributed by atoms with E-state index in [1.807, 2.05) is 6.07 Å². The molecule has 0 aliphatic rings. The van der Waals surface area contributed by atoms with Crippen LogP contribution >= 0.6 is 11.6 Å². The Hall–Kier alpha value is -1.25. The van der Waals surface area contributed by atoms with Gasteiger partial charge in [-0.3, -0.25) is 4.31 Å². The number of anilines is 1. The van der Waals surface area contributed by atoms with E-state index in [9.17, 15) is 8.42 Å². The Morgan fingerprint density at radius 2 is 2.07 bits per heavy atom. The quantitative estimate of drug-likeness (QED) is 0.758. The van der Waals surface area contributed by atoms with Crippen LogP contribution in [-0.2, 0) is 10.0 Å². The standard InChI is InChI=1S/C9H9ClN2O2S/c1-12(15(13,14)7-10)9-5-3-2-4-8(9)6-11/h2-5H,7H2,1H3. The van der Waals surface area contributed by atoms with E-state index in [-0.39, 0.29) is 0 Å². The molecule has 0 unspecified atom stereocenters. The highest BCUT2D eigenvalue weighted by atomic mass is 35.5. The van der Waals surface area contributed by atoms with Gasteiger partial charge in [-0.05, 0) is 12.1 Å². The van der Waals surface area contributed by atoms with E-state index >= 15 is 0 Å². The van der Waals surface area contributed by atoms with E-state index in [0.29, 0.717) is 11.3 Å². The number of sulfonamides is 1. The number of hydrogen-bond donors (Lipinski definition) is 0. The van der Waals surface area contributed by atoms with Crippen LogP contribution in [0.2, 0.25) is 0 Å². The van der Waals surface area contributed by atoms with Crippen LogP contribution in [0, 0.1) is 11.3 Å². The molecule has 0 fully saturated rings. The zero-order chi connectivity index (χ0) is 11.5. The lowest BCUT2D eigenvalue weighted by atomic mass is 10.2. The van der Waals surface area contributed by atoms with Crippen molar-refractivity contribution in [3.05, 3.63) is 29.8 Å². The van der Waals surface area contributed by atoms with Crippen LogP contribution in [0.1, 0.15) is 5.56 Å². The van der Waals surface area contributed by atoms with Crippen LogP contribution in [0.5, 0.6) is 0 Å². The predicted octanol–water partition coefficient (Wildman–Crippen LogP) is 1.52. The zero-order valence-corrected chi connectivity index (χ0v) is 9.59. The first kappa shape index (κ1) is 11.8. The van der Waals surface area contributed by atoms with Crippen molar-refractivity contribution < 1.29 is 8.42 Å². The summed E-state index contributed by atoms with van der Waals surface area (Å²) in [5.74, 6) is 0. The summed E-state index contributed by atoms with van der Waals surface area (Å²) in [7, 11) is -2.17. The fourth-order valence-electron chi connectivity index (χ4n) is 1.07. The van der Waals surface area contributed by atoms with Gasteiger partial charge in [0.15, 0.2) is 0 Å². The van der Waals surface area contributed by atoms with Crippen LogP contribution in [0.3, 0.4) is 0 Å². The summed E-state index contributed by atoms with van der Waals surface area (Å²) >= 11 is 5.32. The average molecular weight is 245 g/mol. The number of rotatable bonds is 3. The van der Waals surface area contributed by atoms with Gasteiger partial charge in [-0.1, -0.05) is 12.1 Å². The monoisotopic (exact) mass is 244 g/mol. The molecule has 0 spiro atoms. The van der Waals surface area contributed by atoms with E-state index in [4.69, 9.17) is 16.9 Å². The smallest absolute Gasteiger partial charge is 0.249 e. The van der Waals surface area contributed by atoms with E-state index in [0.717, 1.165) is 4.31 Å². The number of alkyl halides is 1. The molecule has 6 heteroatoms. The van der Waals surface area contributed by atoms with Gasteiger partial charge in [0.2, 0.25) is 10.0 Å². The number of nitrogens with zero attached hydrogens (tertiary/aromatic N) is 2. The third-order valence-corrected chi connectivity index (χ3v) is 4.05. The number of halogens is 1. The molecule has 0 N–H and O–H groups in total. The van der Waals surface area contributed by atoms with Gasteiger partial charge in [-0.25, -0.2) is 8.42 Å². The van der Waals surface area contributed by atoms with Gasteiger partial charge in [0.25, 0.3) is 0 Å². The van der Waals surface area contributed by atoms with Crippen LogP contribution in [-0.4, -0.2) is 20.7 Å². The summed E-state index contributed by atoms with van der Waals surface area (Å²) in [6.07, 6.45) is 0. The maximum atomic E-state index is 11.5. The van der Waals surface area contributed by atoms with Gasteiger partial charge in [-0.15, -0.1) is 11.6 Å². The molecule has 0 saturated carbocycles. The van der Waals surface area contributed by atoms with Crippen molar-refractivity contribution in [1.29, 1.82) is 5.26 Å². The first-order valence-corrected chi connectivity index (χ1v) is 6.19. The van der Waals surface area contributed by atoms with Gasteiger partial charge in [0, 0.05) is 7.05 Å². The number of para-hydroxylation sites is 1. The lowest BCUT2D eigenvalue weighted by Gasteiger charge is -2.18. The Morgan fingerprint density at radius 3 is 2.60 bits per heavy atom. The van der Waals surface area contributed by atoms with Gasteiger partial charge in [-0.2, -0.15) is 5.26 Å². The molecule has 0 atom stereocenters. The molecular formula is C9H9ClN2O2S. The fourth-order valence-corrected chi connectivity index (χ4v) is 2.11. The molecule has 15 heavy (non-hydrogen) atoms. The van der Waals surface area contributed by atoms with Gasteiger partial charge < -0.3 is 0 Å². The number of hydrogen-bond acceptors (Lipinski definition) is 3. The van der Waals surface area contributed by atoms with Crippen molar-refractivity contribution in [3.8, 4) is 6.07 Å². The van der Waals surface area contributed by atoms with E-state index in [2.05, 4.69) is 0 Å². The normalized spacial score (nSPS) is 10.7. The number of benzene rings is 1. The van der Waals surface area contributed by atoms with Crippen LogP contribution < -0.4 is 4.31 Å². The van der Waals surface area contributed by atoms with Crippen molar-refractivity contribution in [2.24, 2.45) is 0 Å². The SMILES string of the molecule is CN(c1ccccc1C#N)S(=O)(=O)CCl. The Labute approximate surface area is 93.7 Å². The van der Waals surface area contributed by atoms with Crippen LogP contribution in [0.15, 0.2) is 24.3 Å². The van der Waals surface area contributed by atoms with Gasteiger partial charge >= 0.3 is 0 Å². The summed E-state index contributed by atoms with van der Waals surface area (Å²) in [6.45, 7) is 0. The minimum atomic E-state index is -3.54. The molecular weight excluding hydrogens is 236 g/mol. The van der Waals surface area contributed by atoms with Crippen molar-refractivity contribution in [2.75, 3.05) is 16.6 Å². The summed E-state index contributed by atoms with van der Waals surface area (Å²) in [5.41, 5.74) is 0.634. The summed E-state index contributed by atoms with van der Waals surface area (Å²) in [4.78, 5) is 0. The highest BCUT2D eigenvalue weighted by Gasteiger charge is 2.18. The summed E-state index contributed by atoms with van der Waals surface area (Å²) in [6, 6.07) is 8.37. The Bertz CT molecular complexity index is 493. The molecule has 0 radical (unpaired) electrons. The largest absolute Gasteiger partial charge is 0.271 e. The van der Waals surface area contributed by atoms with Crippen LogP contribution in [0.25, 0.3) is 0 Å². The number of nitriles is 1. The van der Waals surface area contributed by atoms with E-state index < -0.39 is 15.2 Å². The van der Waals surface area contributed by atoms with Gasteiger partial charge in [0.1, 0.15) is 11.3 Å². The molecule has 0 heterocycles. The second-order valence-electron chi connectivity index (χ2n) is 2.82. The molecule has 4 nitrogen and oxygen atoms in total. The predicted molar refractivity (Wildman–Crippen MR) is 59.2 cm³/mol. The van der Waals surface area contributed by atoms with Crippen molar-refractivity contribution >= 4 is 27.3 Å². The molecule has 0 aliphatic heterocycles. The third kappa shape index (κ3) is 2.41. The molecule has 1 aromatic rings. The summed E-state index contributed by atoms with van der Waals surface area (Å²) < 4.78 is 23.9. The molecule has 0 aromatic heterocycles. The molecule has 80 valence electrons. The van der Waals surface area contributed by atoms with Crippen LogP contribution in [0.4, 0.5) is 5.69 Å². The summed E-state index contributed by atoms with van der Waals surface area (Å²) in [5, 5.41) is 8.29. The maximum absolute atomic E-state index is 11.5. The molecule has 0 aliphatic carbocycles. The van der Waals surface area contributed by atoms with E-state index in [1.54, 1.807) is 24.3 Å². The minimum absolute atomic E-state index is 0.300. The second-order valence-corrected chi connectivity index (χ2v) is 5.40. The molecule has 0 saturated heterocycles.